The van der Waals surface area contributed by atoms with Gasteiger partial charge in [-0.25, -0.2) is 0 Å². The van der Waals surface area contributed by atoms with Crippen LogP contribution >= 0.6 is 0 Å². The third-order valence-corrected chi connectivity index (χ3v) is 4.16. The van der Waals surface area contributed by atoms with Crippen LogP contribution in [0.2, 0.25) is 0 Å². The minimum absolute atomic E-state index is 0.0767. The molecule has 1 heterocycles. The summed E-state index contributed by atoms with van der Waals surface area (Å²) in [6, 6.07) is 7.02. The van der Waals surface area contributed by atoms with Crippen molar-refractivity contribution >= 4 is 17.8 Å². The Balaban J connectivity index is 1.72. The third-order valence-electron chi connectivity index (χ3n) is 4.16. The van der Waals surface area contributed by atoms with Gasteiger partial charge in [0.25, 0.3) is 5.91 Å². The molecule has 0 bridgehead atoms. The van der Waals surface area contributed by atoms with Crippen molar-refractivity contribution in [2.45, 2.75) is 19.3 Å². The van der Waals surface area contributed by atoms with Gasteiger partial charge in [-0.1, -0.05) is 6.07 Å². The summed E-state index contributed by atoms with van der Waals surface area (Å²) in [7, 11) is 1.56. The van der Waals surface area contributed by atoms with Gasteiger partial charge in [0.05, 0.1) is 7.11 Å². The van der Waals surface area contributed by atoms with E-state index in [1.54, 1.807) is 41.2 Å². The minimum atomic E-state index is -1.15. The molecule has 0 atom stereocenters. The highest BCUT2D eigenvalue weighted by molar-refractivity contribution is 5.79. The van der Waals surface area contributed by atoms with E-state index in [4.69, 9.17) is 9.47 Å². The van der Waals surface area contributed by atoms with E-state index in [9.17, 15) is 19.5 Å². The molecule has 0 aromatic heterocycles. The molecule has 1 aliphatic heterocycles. The molecule has 0 N–H and O–H groups in total. The minimum Gasteiger partial charge on any atom is -0.550 e. The van der Waals surface area contributed by atoms with Gasteiger partial charge in [-0.15, -0.1) is 0 Å². The maximum Gasteiger partial charge on any atom is 0.260 e. The highest BCUT2D eigenvalue weighted by Crippen LogP contribution is 2.19. The fourth-order valence-corrected chi connectivity index (χ4v) is 2.67. The molecule has 0 saturated carbocycles. The molecule has 0 spiro atoms. The van der Waals surface area contributed by atoms with Crippen LogP contribution in [0.5, 0.6) is 11.5 Å². The first-order chi connectivity index (χ1) is 12.5. The smallest absolute Gasteiger partial charge is 0.260 e. The molecule has 1 fully saturated rings. The number of carboxylic acid groups (broad SMARTS) is 1. The monoisotopic (exact) mass is 363 g/mol. The number of carboxylic acids is 1. The van der Waals surface area contributed by atoms with Crippen molar-refractivity contribution in [1.29, 1.82) is 0 Å². The van der Waals surface area contributed by atoms with E-state index in [-0.39, 0.29) is 37.7 Å². The van der Waals surface area contributed by atoms with Gasteiger partial charge in [-0.05, 0) is 25.0 Å². The molecule has 2 rings (SSSR count). The zero-order valence-corrected chi connectivity index (χ0v) is 14.8. The second-order valence-electron chi connectivity index (χ2n) is 5.95. The second-order valence-corrected chi connectivity index (χ2v) is 5.95. The maximum atomic E-state index is 12.2. The number of carbonyl (C=O) groups excluding carboxylic acids is 3. The molecule has 0 radical (unpaired) electrons. The van der Waals surface area contributed by atoms with Crippen molar-refractivity contribution in [3.05, 3.63) is 24.3 Å². The molecule has 1 aromatic rings. The third kappa shape index (κ3) is 5.94. The SMILES string of the molecule is COc1cccc(OCC(=O)N2CCN(C(=O)CCCC(=O)[O-])CC2)c1. The Morgan fingerprint density at radius 3 is 2.23 bits per heavy atom. The van der Waals surface area contributed by atoms with Crippen molar-refractivity contribution in [2.75, 3.05) is 39.9 Å². The van der Waals surface area contributed by atoms with E-state index in [2.05, 4.69) is 0 Å². The zero-order chi connectivity index (χ0) is 18.9. The number of hydrogen-bond acceptors (Lipinski definition) is 6. The Bertz CT molecular complexity index is 640. The molecule has 26 heavy (non-hydrogen) atoms. The normalized spacial score (nSPS) is 14.0. The molecule has 2 amide bonds. The van der Waals surface area contributed by atoms with E-state index < -0.39 is 5.97 Å². The molecule has 1 aliphatic rings. The van der Waals surface area contributed by atoms with Crippen molar-refractivity contribution in [2.24, 2.45) is 0 Å². The molecule has 142 valence electrons. The highest BCUT2D eigenvalue weighted by atomic mass is 16.5. The summed E-state index contributed by atoms with van der Waals surface area (Å²) in [6.45, 7) is 1.68. The van der Waals surface area contributed by atoms with Crippen molar-refractivity contribution < 1.29 is 29.0 Å². The summed E-state index contributed by atoms with van der Waals surface area (Å²) in [5.41, 5.74) is 0. The largest absolute Gasteiger partial charge is 0.550 e. The number of aliphatic carboxylic acids is 1. The molecule has 8 nitrogen and oxygen atoms in total. The van der Waals surface area contributed by atoms with Crippen molar-refractivity contribution in [1.82, 2.24) is 9.80 Å². The lowest BCUT2D eigenvalue weighted by Gasteiger charge is -2.34. The van der Waals surface area contributed by atoms with Gasteiger partial charge in [-0.3, -0.25) is 9.59 Å². The summed E-state index contributed by atoms with van der Waals surface area (Å²) in [4.78, 5) is 37.9. The predicted octanol–water partition coefficient (Wildman–Crippen LogP) is -0.335. The Kier molecular flexibility index (Phi) is 7.25. The number of nitrogens with zero attached hydrogens (tertiary/aromatic N) is 2. The van der Waals surface area contributed by atoms with Crippen LogP contribution in [0.15, 0.2) is 24.3 Å². The van der Waals surface area contributed by atoms with Gasteiger partial charge in [0, 0.05) is 44.6 Å². The quantitative estimate of drug-likeness (QED) is 0.627. The number of methoxy groups -OCH3 is 1. The van der Waals surface area contributed by atoms with Crippen LogP contribution < -0.4 is 14.6 Å². The highest BCUT2D eigenvalue weighted by Gasteiger charge is 2.24. The summed E-state index contributed by atoms with van der Waals surface area (Å²) < 4.78 is 10.6. The maximum absolute atomic E-state index is 12.2. The van der Waals surface area contributed by atoms with Crippen molar-refractivity contribution in [3.8, 4) is 11.5 Å². The van der Waals surface area contributed by atoms with Gasteiger partial charge in [0.1, 0.15) is 11.5 Å². The second kappa shape index (κ2) is 9.65. The van der Waals surface area contributed by atoms with Crippen LogP contribution in [0.4, 0.5) is 0 Å². The van der Waals surface area contributed by atoms with Crippen LogP contribution in [0.1, 0.15) is 19.3 Å². The summed E-state index contributed by atoms with van der Waals surface area (Å²) in [5, 5.41) is 10.4. The van der Waals surface area contributed by atoms with E-state index in [1.807, 2.05) is 0 Å². The Morgan fingerprint density at radius 2 is 1.62 bits per heavy atom. The number of hydrogen-bond donors (Lipinski definition) is 0. The number of benzene rings is 1. The van der Waals surface area contributed by atoms with Gasteiger partial charge >= 0.3 is 0 Å². The van der Waals surface area contributed by atoms with Crippen molar-refractivity contribution in [3.63, 3.8) is 0 Å². The fourth-order valence-electron chi connectivity index (χ4n) is 2.67. The summed E-state index contributed by atoms with van der Waals surface area (Å²) in [6.07, 6.45) is 0.335. The first-order valence-electron chi connectivity index (χ1n) is 8.52. The van der Waals surface area contributed by atoms with Crippen LogP contribution in [-0.4, -0.2) is 67.5 Å². The number of rotatable bonds is 8. The number of piperazine rings is 1. The Labute approximate surface area is 152 Å². The molecular weight excluding hydrogens is 340 g/mol. The standard InChI is InChI=1S/C18H24N2O6/c1-25-14-4-2-5-15(12-14)26-13-17(22)20-10-8-19(9-11-20)16(21)6-3-7-18(23)24/h2,4-5,12H,3,6-11,13H2,1H3,(H,23,24)/p-1. The van der Waals surface area contributed by atoms with Gasteiger partial charge in [0.2, 0.25) is 5.91 Å². The molecular formula is C18H23N2O6-. The summed E-state index contributed by atoms with van der Waals surface area (Å²) in [5.74, 6) is -0.174. The van der Waals surface area contributed by atoms with E-state index >= 15 is 0 Å². The van der Waals surface area contributed by atoms with E-state index in [0.717, 1.165) is 0 Å². The average Bonchev–Trinajstić information content (AvgIpc) is 2.66. The number of carbonyl (C=O) groups is 3. The van der Waals surface area contributed by atoms with Crippen LogP contribution in [0.25, 0.3) is 0 Å². The van der Waals surface area contributed by atoms with E-state index in [0.29, 0.717) is 37.7 Å². The Morgan fingerprint density at radius 1 is 1.00 bits per heavy atom. The lowest BCUT2D eigenvalue weighted by atomic mass is 10.2. The number of ether oxygens (including phenoxy) is 2. The predicted molar refractivity (Wildman–Crippen MR) is 90.5 cm³/mol. The lowest BCUT2D eigenvalue weighted by molar-refractivity contribution is -0.305. The zero-order valence-electron chi connectivity index (χ0n) is 14.8. The van der Waals surface area contributed by atoms with Gasteiger partial charge < -0.3 is 29.2 Å². The molecule has 1 aromatic carbocycles. The summed E-state index contributed by atoms with van der Waals surface area (Å²) >= 11 is 0. The topological polar surface area (TPSA) is 99.2 Å². The lowest BCUT2D eigenvalue weighted by Crippen LogP contribution is -2.51. The molecule has 0 unspecified atom stereocenters. The van der Waals surface area contributed by atoms with E-state index in [1.165, 1.54) is 0 Å². The molecule has 0 aliphatic carbocycles. The van der Waals surface area contributed by atoms with Crippen LogP contribution in [0.3, 0.4) is 0 Å². The number of amides is 2. The molecule has 1 saturated heterocycles. The first-order valence-corrected chi connectivity index (χ1v) is 8.52. The van der Waals surface area contributed by atoms with Crippen LogP contribution in [0, 0.1) is 0 Å². The van der Waals surface area contributed by atoms with Gasteiger partial charge in [0.15, 0.2) is 6.61 Å². The van der Waals surface area contributed by atoms with Gasteiger partial charge in [-0.2, -0.15) is 0 Å². The average molecular weight is 363 g/mol. The first kappa shape index (κ1) is 19.6. The molecule has 8 heteroatoms. The Hall–Kier alpha value is -2.77. The fraction of sp³-hybridized carbons (Fsp3) is 0.500. The van der Waals surface area contributed by atoms with Crippen LogP contribution in [-0.2, 0) is 14.4 Å².